The summed E-state index contributed by atoms with van der Waals surface area (Å²) >= 11 is 0. The number of ketones is 3. The molecule has 0 bridgehead atoms. The maximum atomic E-state index is 12.1. The van der Waals surface area contributed by atoms with Crippen LogP contribution in [0.15, 0.2) is 0 Å². The molecule has 0 radical (unpaired) electrons. The summed E-state index contributed by atoms with van der Waals surface area (Å²) in [6, 6.07) is 0. The molecule has 0 spiro atoms. The van der Waals surface area contributed by atoms with Crippen LogP contribution in [0.5, 0.6) is 0 Å². The van der Waals surface area contributed by atoms with E-state index in [0.717, 1.165) is 38.5 Å². The minimum atomic E-state index is -0.227. The quantitative estimate of drug-likeness (QED) is 0.330. The predicted octanol–water partition coefficient (Wildman–Crippen LogP) is 1.41. The largest absolute Gasteiger partial charge is 0.355 e. The molecule has 0 heterocycles. The van der Waals surface area contributed by atoms with Gasteiger partial charge in [0.1, 0.15) is 17.3 Å². The molecule has 166 valence electrons. The average molecular weight is 412 g/mol. The molecule has 0 fully saturated rings. The fraction of sp³-hybridized carbons (Fsp3) is 0.762. The lowest BCUT2D eigenvalue weighted by Gasteiger charge is -2.20. The third-order valence-electron chi connectivity index (χ3n) is 4.24. The van der Waals surface area contributed by atoms with Gasteiger partial charge in [-0.3, -0.25) is 19.3 Å². The molecule has 0 saturated heterocycles. The van der Waals surface area contributed by atoms with Gasteiger partial charge in [0.05, 0.1) is 19.6 Å². The van der Waals surface area contributed by atoms with Crippen LogP contribution in [-0.2, 0) is 24.0 Å². The van der Waals surface area contributed by atoms with Crippen molar-refractivity contribution in [1.29, 1.82) is 0 Å². The lowest BCUT2D eigenvalue weighted by molar-refractivity contribution is -0.127. The number of nitrogens with zero attached hydrogens (tertiary/aromatic N) is 1. The van der Waals surface area contributed by atoms with Crippen LogP contribution in [0.4, 0.5) is 0 Å². The lowest BCUT2D eigenvalue weighted by atomic mass is 10.1. The van der Waals surface area contributed by atoms with Crippen LogP contribution < -0.4 is 10.6 Å². The summed E-state index contributed by atoms with van der Waals surface area (Å²) in [5.74, 6) is -0.227. The Labute approximate surface area is 174 Å². The van der Waals surface area contributed by atoms with E-state index in [4.69, 9.17) is 0 Å². The molecular formula is C21H37N3O5. The second kappa shape index (κ2) is 16.8. The molecule has 0 aromatic heterocycles. The van der Waals surface area contributed by atoms with Crippen LogP contribution in [0.2, 0.25) is 0 Å². The van der Waals surface area contributed by atoms with Crippen molar-refractivity contribution in [1.82, 2.24) is 15.5 Å². The number of carbonyl (C=O) groups is 5. The fourth-order valence-electron chi connectivity index (χ4n) is 2.81. The summed E-state index contributed by atoms with van der Waals surface area (Å²) in [6.45, 7) is 5.59. The second-order valence-electron chi connectivity index (χ2n) is 7.57. The topological polar surface area (TPSA) is 113 Å². The summed E-state index contributed by atoms with van der Waals surface area (Å²) in [6.07, 6.45) is 6.06. The van der Waals surface area contributed by atoms with Crippen LogP contribution in [0.25, 0.3) is 0 Å². The standard InChI is InChI=1S/C21H37N3O5/c1-17(25)10-6-4-8-12-22-20(28)15-24(14-19(3)27)16-21(29)23-13-9-5-7-11-18(2)26/h4-16H2,1-3H3,(H,22,28)(H,23,29). The molecular weight excluding hydrogens is 374 g/mol. The first kappa shape index (κ1) is 26.9. The Balaban J connectivity index is 4.09. The monoisotopic (exact) mass is 411 g/mol. The molecule has 2 amide bonds. The Bertz CT molecular complexity index is 508. The van der Waals surface area contributed by atoms with Gasteiger partial charge in [-0.1, -0.05) is 12.8 Å². The number of carbonyl (C=O) groups excluding carboxylic acids is 5. The van der Waals surface area contributed by atoms with E-state index in [1.165, 1.54) is 11.8 Å². The van der Waals surface area contributed by atoms with Crippen molar-refractivity contribution >= 4 is 29.2 Å². The zero-order valence-corrected chi connectivity index (χ0v) is 18.2. The molecule has 2 N–H and O–H groups in total. The molecule has 0 saturated carbocycles. The molecule has 0 aliphatic carbocycles. The summed E-state index contributed by atoms with van der Waals surface area (Å²) in [5.41, 5.74) is 0. The Morgan fingerprint density at radius 1 is 0.552 bits per heavy atom. The molecule has 8 heteroatoms. The van der Waals surface area contributed by atoms with Gasteiger partial charge in [0.25, 0.3) is 0 Å². The van der Waals surface area contributed by atoms with Crippen molar-refractivity contribution < 1.29 is 24.0 Å². The van der Waals surface area contributed by atoms with Crippen LogP contribution >= 0.6 is 0 Å². The normalized spacial score (nSPS) is 10.6. The van der Waals surface area contributed by atoms with Crippen LogP contribution in [-0.4, -0.2) is 66.8 Å². The third kappa shape index (κ3) is 19.0. The highest BCUT2D eigenvalue weighted by molar-refractivity contribution is 5.83. The highest BCUT2D eigenvalue weighted by Gasteiger charge is 2.16. The van der Waals surface area contributed by atoms with Gasteiger partial charge in [0.2, 0.25) is 11.8 Å². The van der Waals surface area contributed by atoms with E-state index in [0.29, 0.717) is 25.9 Å². The van der Waals surface area contributed by atoms with Gasteiger partial charge in [-0.15, -0.1) is 0 Å². The van der Waals surface area contributed by atoms with Gasteiger partial charge in [-0.25, -0.2) is 0 Å². The molecule has 0 atom stereocenters. The van der Waals surface area contributed by atoms with Gasteiger partial charge in [-0.2, -0.15) is 0 Å². The second-order valence-corrected chi connectivity index (χ2v) is 7.57. The smallest absolute Gasteiger partial charge is 0.234 e. The molecule has 8 nitrogen and oxygen atoms in total. The third-order valence-corrected chi connectivity index (χ3v) is 4.24. The van der Waals surface area contributed by atoms with Gasteiger partial charge in [0.15, 0.2) is 0 Å². The number of Topliss-reactive ketones (excluding diaryl/α,β-unsaturated/α-hetero) is 3. The molecule has 0 rings (SSSR count). The number of rotatable bonds is 18. The Morgan fingerprint density at radius 2 is 0.966 bits per heavy atom. The van der Waals surface area contributed by atoms with Crippen molar-refractivity contribution in [3.05, 3.63) is 0 Å². The zero-order valence-electron chi connectivity index (χ0n) is 18.2. The summed E-state index contributed by atoms with van der Waals surface area (Å²) in [7, 11) is 0. The number of amides is 2. The van der Waals surface area contributed by atoms with E-state index in [1.807, 2.05) is 0 Å². The van der Waals surface area contributed by atoms with E-state index in [-0.39, 0.29) is 48.8 Å². The van der Waals surface area contributed by atoms with Crippen molar-refractivity contribution in [2.24, 2.45) is 0 Å². The van der Waals surface area contributed by atoms with E-state index < -0.39 is 0 Å². The first-order valence-electron chi connectivity index (χ1n) is 10.4. The fourth-order valence-corrected chi connectivity index (χ4v) is 2.81. The SMILES string of the molecule is CC(=O)CCCCCNC(=O)CN(CC(C)=O)CC(=O)NCCCCCC(C)=O. The predicted molar refractivity (Wildman–Crippen MR) is 111 cm³/mol. The van der Waals surface area contributed by atoms with E-state index in [2.05, 4.69) is 10.6 Å². The maximum Gasteiger partial charge on any atom is 0.234 e. The Morgan fingerprint density at radius 3 is 1.31 bits per heavy atom. The highest BCUT2D eigenvalue weighted by Crippen LogP contribution is 2.00. The Hall–Kier alpha value is -2.09. The summed E-state index contributed by atoms with van der Waals surface area (Å²) in [5, 5.41) is 5.57. The molecule has 0 aliphatic rings. The first-order valence-corrected chi connectivity index (χ1v) is 10.4. The van der Waals surface area contributed by atoms with Crippen LogP contribution in [0.3, 0.4) is 0 Å². The summed E-state index contributed by atoms with van der Waals surface area (Å²) < 4.78 is 0. The highest BCUT2D eigenvalue weighted by atomic mass is 16.2. The Kier molecular flexibility index (Phi) is 15.6. The van der Waals surface area contributed by atoms with Crippen LogP contribution in [0.1, 0.15) is 72.1 Å². The van der Waals surface area contributed by atoms with Gasteiger partial charge in [-0.05, 0) is 46.5 Å². The van der Waals surface area contributed by atoms with Crippen molar-refractivity contribution in [3.8, 4) is 0 Å². The van der Waals surface area contributed by atoms with Crippen LogP contribution in [0, 0.1) is 0 Å². The summed E-state index contributed by atoms with van der Waals surface area (Å²) in [4.78, 5) is 58.8. The number of unbranched alkanes of at least 4 members (excludes halogenated alkanes) is 4. The van der Waals surface area contributed by atoms with E-state index in [1.54, 1.807) is 13.8 Å². The molecule has 0 aromatic carbocycles. The van der Waals surface area contributed by atoms with E-state index in [9.17, 15) is 24.0 Å². The van der Waals surface area contributed by atoms with Gasteiger partial charge < -0.3 is 20.2 Å². The van der Waals surface area contributed by atoms with Crippen molar-refractivity contribution in [3.63, 3.8) is 0 Å². The van der Waals surface area contributed by atoms with Gasteiger partial charge in [0, 0.05) is 25.9 Å². The molecule has 0 unspecified atom stereocenters. The molecule has 29 heavy (non-hydrogen) atoms. The van der Waals surface area contributed by atoms with Gasteiger partial charge >= 0.3 is 0 Å². The van der Waals surface area contributed by atoms with Crippen molar-refractivity contribution in [2.75, 3.05) is 32.7 Å². The number of hydrogen-bond donors (Lipinski definition) is 2. The lowest BCUT2D eigenvalue weighted by Crippen LogP contribution is -2.44. The minimum absolute atomic E-state index is 0.0148. The molecule has 0 aliphatic heterocycles. The zero-order chi connectivity index (χ0) is 22.1. The number of nitrogens with one attached hydrogen (secondary N) is 2. The van der Waals surface area contributed by atoms with Crippen molar-refractivity contribution in [2.45, 2.75) is 72.1 Å². The first-order chi connectivity index (χ1) is 13.7. The van der Waals surface area contributed by atoms with E-state index >= 15 is 0 Å². The molecule has 0 aromatic rings. The average Bonchev–Trinajstić information content (AvgIpc) is 2.59. The number of hydrogen-bond acceptors (Lipinski definition) is 6. The maximum absolute atomic E-state index is 12.1. The minimum Gasteiger partial charge on any atom is -0.355 e.